The summed E-state index contributed by atoms with van der Waals surface area (Å²) in [5.41, 5.74) is 16.0. The number of para-hydroxylation sites is 1. The molecule has 0 amide bonds. The number of rotatable bonds is 7. The van der Waals surface area contributed by atoms with Gasteiger partial charge in [-0.3, -0.25) is 0 Å². The summed E-state index contributed by atoms with van der Waals surface area (Å²) in [5.74, 6) is 0. The van der Waals surface area contributed by atoms with Gasteiger partial charge in [0.15, 0.2) is 0 Å². The van der Waals surface area contributed by atoms with Gasteiger partial charge in [0, 0.05) is 33.2 Å². The fraction of sp³-hybridized carbons (Fsp3) is 0. The van der Waals surface area contributed by atoms with Crippen LogP contribution in [0.5, 0.6) is 0 Å². The Balaban J connectivity index is 0.975. The fourth-order valence-electron chi connectivity index (χ4n) is 8.31. The van der Waals surface area contributed by atoms with Crippen LogP contribution in [0.4, 0.5) is 17.1 Å². The standard InChI is InChI=1S/C54H35NO2/c1-3-11-36(12-4-1)38-21-27-43(28-22-38)55(44-29-23-39(24-30-44)37-13-5-2-6-14-37)45-31-25-40(26-32-45)41-15-9-16-42(35-41)46-18-10-20-50-52(46)53-51(56-50)34-33-48-47-17-7-8-19-49(47)57-54(48)53/h1-35H. The van der Waals surface area contributed by atoms with E-state index in [0.717, 1.165) is 83.2 Å². The Bertz CT molecular complexity index is 3110. The van der Waals surface area contributed by atoms with Crippen molar-refractivity contribution in [3.8, 4) is 44.5 Å². The molecule has 2 aromatic heterocycles. The highest BCUT2D eigenvalue weighted by Crippen LogP contribution is 2.44. The monoisotopic (exact) mass is 729 g/mol. The van der Waals surface area contributed by atoms with Crippen molar-refractivity contribution in [3.63, 3.8) is 0 Å². The number of anilines is 3. The Morgan fingerprint density at radius 1 is 0.281 bits per heavy atom. The molecule has 57 heavy (non-hydrogen) atoms. The van der Waals surface area contributed by atoms with E-state index in [4.69, 9.17) is 8.83 Å². The maximum Gasteiger partial charge on any atom is 0.147 e. The van der Waals surface area contributed by atoms with Gasteiger partial charge in [-0.25, -0.2) is 0 Å². The lowest BCUT2D eigenvalue weighted by atomic mass is 9.95. The molecule has 0 aliphatic rings. The molecule has 0 aliphatic heterocycles. The zero-order chi connectivity index (χ0) is 37.7. The van der Waals surface area contributed by atoms with E-state index in [1.54, 1.807) is 0 Å². The molecule has 0 unspecified atom stereocenters. The van der Waals surface area contributed by atoms with Crippen molar-refractivity contribution >= 4 is 60.9 Å². The normalized spacial score (nSPS) is 11.5. The number of hydrogen-bond acceptors (Lipinski definition) is 3. The minimum absolute atomic E-state index is 0.824. The summed E-state index contributed by atoms with van der Waals surface area (Å²) in [5, 5.41) is 4.28. The van der Waals surface area contributed by atoms with Gasteiger partial charge in [-0.05, 0) is 111 Å². The van der Waals surface area contributed by atoms with Gasteiger partial charge in [0.2, 0.25) is 0 Å². The summed E-state index contributed by atoms with van der Waals surface area (Å²) in [4.78, 5) is 2.33. The number of hydrogen-bond donors (Lipinski definition) is 0. The Labute approximate surface area is 330 Å². The zero-order valence-corrected chi connectivity index (χ0v) is 31.0. The van der Waals surface area contributed by atoms with Crippen molar-refractivity contribution in [3.05, 3.63) is 212 Å². The topological polar surface area (TPSA) is 29.5 Å². The largest absolute Gasteiger partial charge is 0.456 e. The van der Waals surface area contributed by atoms with Crippen LogP contribution in [0.1, 0.15) is 0 Å². The van der Waals surface area contributed by atoms with Gasteiger partial charge in [-0.2, -0.15) is 0 Å². The van der Waals surface area contributed by atoms with E-state index in [-0.39, 0.29) is 0 Å². The summed E-state index contributed by atoms with van der Waals surface area (Å²) >= 11 is 0. The summed E-state index contributed by atoms with van der Waals surface area (Å²) in [6.45, 7) is 0. The van der Waals surface area contributed by atoms with Gasteiger partial charge in [-0.1, -0.05) is 146 Å². The van der Waals surface area contributed by atoms with Gasteiger partial charge in [-0.15, -0.1) is 0 Å². The lowest BCUT2D eigenvalue weighted by Gasteiger charge is -2.26. The summed E-state index contributed by atoms with van der Waals surface area (Å²) in [6, 6.07) is 75.1. The number of fused-ring (bicyclic) bond motifs is 7. The Kier molecular flexibility index (Phi) is 7.82. The minimum atomic E-state index is 0.824. The molecule has 11 rings (SSSR count). The molecule has 268 valence electrons. The minimum Gasteiger partial charge on any atom is -0.456 e. The maximum absolute atomic E-state index is 6.50. The zero-order valence-electron chi connectivity index (χ0n) is 31.0. The molecule has 11 aromatic rings. The smallest absolute Gasteiger partial charge is 0.147 e. The molecule has 0 atom stereocenters. The summed E-state index contributed by atoms with van der Waals surface area (Å²) < 4.78 is 12.9. The highest BCUT2D eigenvalue weighted by atomic mass is 16.3. The Morgan fingerprint density at radius 2 is 0.754 bits per heavy atom. The third-order valence-corrected chi connectivity index (χ3v) is 11.1. The van der Waals surface area contributed by atoms with E-state index in [2.05, 4.69) is 199 Å². The van der Waals surface area contributed by atoms with Crippen LogP contribution in [0.15, 0.2) is 221 Å². The molecular weight excluding hydrogens is 695 g/mol. The van der Waals surface area contributed by atoms with E-state index in [9.17, 15) is 0 Å². The van der Waals surface area contributed by atoms with E-state index in [0.29, 0.717) is 0 Å². The summed E-state index contributed by atoms with van der Waals surface area (Å²) in [7, 11) is 0. The lowest BCUT2D eigenvalue weighted by molar-refractivity contribution is 0.663. The van der Waals surface area contributed by atoms with Crippen molar-refractivity contribution in [1.82, 2.24) is 0 Å². The highest BCUT2D eigenvalue weighted by molar-refractivity contribution is 6.24. The second kappa shape index (κ2) is 13.6. The highest BCUT2D eigenvalue weighted by Gasteiger charge is 2.19. The molecule has 0 spiro atoms. The average molecular weight is 730 g/mol. The molecule has 0 saturated carbocycles. The first kappa shape index (κ1) is 32.8. The second-order valence-corrected chi connectivity index (χ2v) is 14.5. The van der Waals surface area contributed by atoms with Crippen LogP contribution in [0, 0.1) is 0 Å². The molecule has 0 radical (unpaired) electrons. The molecule has 0 fully saturated rings. The molecule has 9 aromatic carbocycles. The van der Waals surface area contributed by atoms with Crippen molar-refractivity contribution < 1.29 is 8.83 Å². The molecular formula is C54H35NO2. The SMILES string of the molecule is c1ccc(-c2ccc(N(c3ccc(-c4ccccc4)cc3)c3ccc(-c4cccc(-c5cccc6oc7ccc8c9ccccc9oc8c7c56)c4)cc3)cc2)cc1. The van der Waals surface area contributed by atoms with Crippen molar-refractivity contribution in [2.45, 2.75) is 0 Å². The van der Waals surface area contributed by atoms with E-state index >= 15 is 0 Å². The predicted octanol–water partition coefficient (Wildman–Crippen LogP) is 15.6. The van der Waals surface area contributed by atoms with Crippen LogP contribution in [-0.4, -0.2) is 0 Å². The predicted molar refractivity (Wildman–Crippen MR) is 237 cm³/mol. The van der Waals surface area contributed by atoms with Crippen LogP contribution in [-0.2, 0) is 0 Å². The molecule has 0 aliphatic carbocycles. The molecule has 2 heterocycles. The van der Waals surface area contributed by atoms with Crippen LogP contribution >= 0.6 is 0 Å². The molecule has 0 saturated heterocycles. The first-order valence-corrected chi connectivity index (χ1v) is 19.3. The quantitative estimate of drug-likeness (QED) is 0.164. The first-order valence-electron chi connectivity index (χ1n) is 19.3. The van der Waals surface area contributed by atoms with Gasteiger partial charge in [0.25, 0.3) is 0 Å². The third-order valence-electron chi connectivity index (χ3n) is 11.1. The van der Waals surface area contributed by atoms with E-state index in [1.165, 1.54) is 22.3 Å². The van der Waals surface area contributed by atoms with E-state index < -0.39 is 0 Å². The number of benzene rings is 9. The third kappa shape index (κ3) is 5.76. The van der Waals surface area contributed by atoms with E-state index in [1.807, 2.05) is 18.2 Å². The van der Waals surface area contributed by atoms with Crippen LogP contribution in [0.2, 0.25) is 0 Å². The molecule has 3 nitrogen and oxygen atoms in total. The fourth-order valence-corrected chi connectivity index (χ4v) is 8.31. The summed E-state index contributed by atoms with van der Waals surface area (Å²) in [6.07, 6.45) is 0. The van der Waals surface area contributed by atoms with Crippen LogP contribution in [0.3, 0.4) is 0 Å². The molecule has 0 N–H and O–H groups in total. The maximum atomic E-state index is 6.50. The van der Waals surface area contributed by atoms with Crippen molar-refractivity contribution in [1.29, 1.82) is 0 Å². The van der Waals surface area contributed by atoms with Gasteiger partial charge in [0.1, 0.15) is 22.3 Å². The van der Waals surface area contributed by atoms with Crippen LogP contribution in [0.25, 0.3) is 88.4 Å². The lowest BCUT2D eigenvalue weighted by Crippen LogP contribution is -2.09. The van der Waals surface area contributed by atoms with Crippen molar-refractivity contribution in [2.24, 2.45) is 0 Å². The Morgan fingerprint density at radius 3 is 1.39 bits per heavy atom. The number of furan rings is 2. The average Bonchev–Trinajstić information content (AvgIpc) is 3.87. The van der Waals surface area contributed by atoms with Gasteiger partial charge >= 0.3 is 0 Å². The van der Waals surface area contributed by atoms with Crippen molar-refractivity contribution in [2.75, 3.05) is 4.90 Å². The molecule has 3 heteroatoms. The Hall–Kier alpha value is -7.62. The first-order chi connectivity index (χ1) is 28.2. The van der Waals surface area contributed by atoms with Gasteiger partial charge in [0.05, 0.1) is 5.39 Å². The second-order valence-electron chi connectivity index (χ2n) is 14.5. The van der Waals surface area contributed by atoms with Crippen LogP contribution < -0.4 is 4.90 Å². The number of nitrogens with zero attached hydrogens (tertiary/aromatic N) is 1. The molecule has 0 bridgehead atoms. The van der Waals surface area contributed by atoms with Gasteiger partial charge < -0.3 is 13.7 Å².